The Morgan fingerprint density at radius 1 is 1.21 bits per heavy atom. The van der Waals surface area contributed by atoms with Crippen LogP contribution in [0.1, 0.15) is 40.5 Å². The van der Waals surface area contributed by atoms with Crippen molar-refractivity contribution in [2.45, 2.75) is 59.7 Å². The summed E-state index contributed by atoms with van der Waals surface area (Å²) in [4.78, 5) is 0. The molecule has 0 fully saturated rings. The van der Waals surface area contributed by atoms with Crippen molar-refractivity contribution in [1.29, 1.82) is 0 Å². The SMILES string of the molecule is C=C[SiH2]C.CCC.C[SiH2]CCC(C)C. The maximum Gasteiger partial charge on any atom is 0.0415 e. The van der Waals surface area contributed by atoms with E-state index >= 15 is 0 Å². The molecular weight excluding hydrogens is 200 g/mol. The van der Waals surface area contributed by atoms with Crippen LogP contribution in [-0.2, 0) is 0 Å². The van der Waals surface area contributed by atoms with E-state index in [2.05, 4.69) is 47.4 Å². The zero-order valence-electron chi connectivity index (χ0n) is 11.4. The van der Waals surface area contributed by atoms with Crippen LogP contribution in [0.15, 0.2) is 12.3 Å². The monoisotopic (exact) mass is 232 g/mol. The van der Waals surface area contributed by atoms with Crippen molar-refractivity contribution in [3.8, 4) is 0 Å². The van der Waals surface area contributed by atoms with E-state index in [-0.39, 0.29) is 9.52 Å². The molecule has 0 aliphatic heterocycles. The van der Waals surface area contributed by atoms with E-state index in [4.69, 9.17) is 0 Å². The maximum atomic E-state index is 3.54. The van der Waals surface area contributed by atoms with Gasteiger partial charge < -0.3 is 0 Å². The Labute approximate surface area is 97.2 Å². The molecule has 0 N–H and O–H groups in total. The van der Waals surface area contributed by atoms with Gasteiger partial charge in [0.05, 0.1) is 0 Å². The summed E-state index contributed by atoms with van der Waals surface area (Å²) in [6, 6.07) is 1.54. The molecule has 2 heteroatoms. The molecule has 0 aromatic rings. The number of rotatable bonds is 4. The third kappa shape index (κ3) is 56.8. The maximum absolute atomic E-state index is 3.54. The Kier molecular flexibility index (Phi) is 32.6. The first-order valence-corrected chi connectivity index (χ1v) is 10.9. The van der Waals surface area contributed by atoms with Gasteiger partial charge in [-0.3, -0.25) is 0 Å². The second kappa shape index (κ2) is 23.2. The van der Waals surface area contributed by atoms with Gasteiger partial charge in [-0.25, -0.2) is 0 Å². The van der Waals surface area contributed by atoms with Gasteiger partial charge >= 0.3 is 0 Å². The normalized spacial score (nSPS) is 9.93. The molecule has 0 unspecified atom stereocenters. The lowest BCUT2D eigenvalue weighted by Gasteiger charge is -1.98. The molecule has 0 rings (SSSR count). The van der Waals surface area contributed by atoms with Crippen LogP contribution in [0.4, 0.5) is 0 Å². The Balaban J connectivity index is -0.000000147. The molecule has 0 radical (unpaired) electrons. The van der Waals surface area contributed by atoms with Gasteiger partial charge in [-0.2, -0.15) is 0 Å². The minimum atomic E-state index is 0.188. The number of hydrogen-bond donors (Lipinski definition) is 0. The summed E-state index contributed by atoms with van der Waals surface area (Å²) in [7, 11) is 0.559. The van der Waals surface area contributed by atoms with Crippen LogP contribution < -0.4 is 0 Å². The van der Waals surface area contributed by atoms with Crippen LogP contribution in [0.2, 0.25) is 19.1 Å². The van der Waals surface area contributed by atoms with Crippen molar-refractivity contribution in [1.82, 2.24) is 0 Å². The second-order valence-electron chi connectivity index (χ2n) is 3.94. The van der Waals surface area contributed by atoms with Gasteiger partial charge in [0.2, 0.25) is 0 Å². The molecule has 0 saturated carbocycles. The van der Waals surface area contributed by atoms with Gasteiger partial charge in [0.15, 0.2) is 0 Å². The van der Waals surface area contributed by atoms with Crippen molar-refractivity contribution < 1.29 is 0 Å². The molecule has 0 aliphatic carbocycles. The van der Waals surface area contributed by atoms with E-state index in [9.17, 15) is 0 Å². The predicted molar refractivity (Wildman–Crippen MR) is 79.2 cm³/mol. The Bertz CT molecular complexity index is 80.4. The molecule has 0 aliphatic rings. The number of hydrogen-bond acceptors (Lipinski definition) is 0. The summed E-state index contributed by atoms with van der Waals surface area (Å²) < 4.78 is 0. The topological polar surface area (TPSA) is 0 Å². The lowest BCUT2D eigenvalue weighted by Crippen LogP contribution is -1.88. The summed E-state index contributed by atoms with van der Waals surface area (Å²) in [5.41, 5.74) is 2.01. The van der Waals surface area contributed by atoms with E-state index in [1.807, 2.05) is 5.70 Å². The van der Waals surface area contributed by atoms with Gasteiger partial charge in [0.25, 0.3) is 0 Å². The molecule has 0 aromatic carbocycles. The fourth-order valence-electron chi connectivity index (χ4n) is 0.612. The molecule has 0 aromatic heterocycles. The average Bonchev–Trinajstić information content (AvgIpc) is 2.16. The summed E-state index contributed by atoms with van der Waals surface area (Å²) in [5.74, 6) is 0.937. The van der Waals surface area contributed by atoms with E-state index < -0.39 is 0 Å². The molecule has 0 bridgehead atoms. The minimum absolute atomic E-state index is 0.188. The van der Waals surface area contributed by atoms with E-state index in [0.29, 0.717) is 9.52 Å². The fraction of sp³-hybridized carbons (Fsp3) is 0.833. The highest BCUT2D eigenvalue weighted by Crippen LogP contribution is 2.01. The predicted octanol–water partition coefficient (Wildman–Crippen LogP) is 3.43. The van der Waals surface area contributed by atoms with E-state index in [1.165, 1.54) is 18.9 Å². The molecule has 0 amide bonds. The Hall–Kier alpha value is 0.174. The molecule has 0 nitrogen and oxygen atoms in total. The van der Waals surface area contributed by atoms with Crippen molar-refractivity contribution in [2.24, 2.45) is 5.92 Å². The molecule has 0 atom stereocenters. The highest BCUT2D eigenvalue weighted by atomic mass is 28.2. The smallest absolute Gasteiger partial charge is 0.0415 e. The lowest BCUT2D eigenvalue weighted by molar-refractivity contribution is 0.624. The third-order valence-corrected chi connectivity index (χ3v) is 3.12. The average molecular weight is 233 g/mol. The summed E-state index contributed by atoms with van der Waals surface area (Å²) in [6.45, 7) is 17.0. The van der Waals surface area contributed by atoms with Gasteiger partial charge in [0, 0.05) is 19.0 Å². The van der Waals surface area contributed by atoms with E-state index in [1.54, 1.807) is 0 Å². The minimum Gasteiger partial charge on any atom is -0.109 e. The van der Waals surface area contributed by atoms with Crippen molar-refractivity contribution in [2.75, 3.05) is 0 Å². The van der Waals surface area contributed by atoms with Gasteiger partial charge in [-0.05, 0) is 5.92 Å². The Morgan fingerprint density at radius 2 is 1.57 bits per heavy atom. The van der Waals surface area contributed by atoms with Crippen LogP contribution >= 0.6 is 0 Å². The standard InChI is InChI=1S/C6H16Si.C3H8Si.C3H8/c1-6(2)4-5-7-3;1-3-4-2;1-3-2/h6H,4-5,7H2,1-3H3;3H,1,4H2,2H3;3H2,1-2H3. The van der Waals surface area contributed by atoms with Gasteiger partial charge in [0.1, 0.15) is 0 Å². The van der Waals surface area contributed by atoms with Crippen LogP contribution in [0.3, 0.4) is 0 Å². The molecule has 0 saturated heterocycles. The second-order valence-corrected chi connectivity index (χ2v) is 7.04. The highest BCUT2D eigenvalue weighted by molar-refractivity contribution is 6.39. The zero-order chi connectivity index (χ0) is 11.8. The molecule has 0 heterocycles. The van der Waals surface area contributed by atoms with Crippen LogP contribution in [0.25, 0.3) is 0 Å². The van der Waals surface area contributed by atoms with Crippen molar-refractivity contribution >= 4 is 19.0 Å². The molecule has 88 valence electrons. The lowest BCUT2D eigenvalue weighted by atomic mass is 10.2. The van der Waals surface area contributed by atoms with Gasteiger partial charge in [-0.1, -0.05) is 59.7 Å². The molecule has 0 spiro atoms. The van der Waals surface area contributed by atoms with Crippen molar-refractivity contribution in [3.05, 3.63) is 12.3 Å². The fourth-order valence-corrected chi connectivity index (χ4v) is 1.84. The van der Waals surface area contributed by atoms with Crippen LogP contribution in [-0.4, -0.2) is 19.0 Å². The summed E-state index contributed by atoms with van der Waals surface area (Å²) >= 11 is 0. The first kappa shape index (κ1) is 19.7. The van der Waals surface area contributed by atoms with Crippen LogP contribution in [0, 0.1) is 5.92 Å². The van der Waals surface area contributed by atoms with Crippen molar-refractivity contribution in [3.63, 3.8) is 0 Å². The summed E-state index contributed by atoms with van der Waals surface area (Å²) in [6.07, 6.45) is 2.71. The molecule has 14 heavy (non-hydrogen) atoms. The summed E-state index contributed by atoms with van der Waals surface area (Å²) in [5, 5.41) is 0. The molecular formula is C12H32Si2. The highest BCUT2D eigenvalue weighted by Gasteiger charge is 1.89. The quantitative estimate of drug-likeness (QED) is 0.652. The van der Waals surface area contributed by atoms with E-state index in [0.717, 1.165) is 5.92 Å². The first-order valence-electron chi connectivity index (χ1n) is 6.21. The Morgan fingerprint density at radius 3 is 1.64 bits per heavy atom. The zero-order valence-corrected chi connectivity index (χ0v) is 14.2. The third-order valence-electron chi connectivity index (χ3n) is 1.42. The van der Waals surface area contributed by atoms with Gasteiger partial charge in [-0.15, -0.1) is 12.3 Å². The first-order chi connectivity index (χ1) is 6.60. The van der Waals surface area contributed by atoms with Crippen LogP contribution in [0.5, 0.6) is 0 Å². The largest absolute Gasteiger partial charge is 0.109 e.